The van der Waals surface area contributed by atoms with Gasteiger partial charge in [-0.3, -0.25) is 4.98 Å². The second-order valence-corrected chi connectivity index (χ2v) is 6.24. The van der Waals surface area contributed by atoms with E-state index in [0.717, 1.165) is 16.9 Å². The zero-order chi connectivity index (χ0) is 15.5. The van der Waals surface area contributed by atoms with Gasteiger partial charge in [-0.05, 0) is 35.1 Å². The third-order valence-electron chi connectivity index (χ3n) is 3.54. The van der Waals surface area contributed by atoms with Crippen LogP contribution in [0.2, 0.25) is 0 Å². The van der Waals surface area contributed by atoms with Crippen LogP contribution in [0.3, 0.4) is 0 Å². The van der Waals surface area contributed by atoms with Crippen LogP contribution in [0.1, 0.15) is 50.4 Å². The molecule has 0 radical (unpaired) electrons. The lowest BCUT2D eigenvalue weighted by atomic mass is 9.86. The van der Waals surface area contributed by atoms with Crippen molar-refractivity contribution in [1.82, 2.24) is 4.98 Å². The molecule has 2 N–H and O–H groups in total. The largest absolute Gasteiger partial charge is 0.492 e. The summed E-state index contributed by atoms with van der Waals surface area (Å²) in [5, 5.41) is 0. The first-order valence-corrected chi connectivity index (χ1v) is 7.35. The smallest absolute Gasteiger partial charge is 0.137 e. The van der Waals surface area contributed by atoms with Crippen LogP contribution in [0.25, 0.3) is 0 Å². The maximum absolute atomic E-state index is 6.34. The van der Waals surface area contributed by atoms with Crippen molar-refractivity contribution in [3.63, 3.8) is 0 Å². The highest BCUT2D eigenvalue weighted by atomic mass is 16.5. The summed E-state index contributed by atoms with van der Waals surface area (Å²) in [4.78, 5) is 4.20. The normalized spacial score (nSPS) is 13.0. The van der Waals surface area contributed by atoms with Crippen LogP contribution >= 0.6 is 0 Å². The summed E-state index contributed by atoms with van der Waals surface area (Å²) in [5.74, 6) is 0.761. The van der Waals surface area contributed by atoms with Crippen LogP contribution in [0, 0.1) is 0 Å². The van der Waals surface area contributed by atoms with Crippen molar-refractivity contribution in [1.29, 1.82) is 0 Å². The van der Waals surface area contributed by atoms with Crippen LogP contribution in [0.4, 0.5) is 0 Å². The molecule has 0 spiro atoms. The molecule has 1 aromatic carbocycles. The lowest BCUT2D eigenvalue weighted by Crippen LogP contribution is -2.14. The third-order valence-corrected chi connectivity index (χ3v) is 3.54. The summed E-state index contributed by atoms with van der Waals surface area (Å²) in [6.07, 6.45) is 3.51. The van der Waals surface area contributed by atoms with Crippen molar-refractivity contribution in [2.75, 3.05) is 6.61 Å². The topological polar surface area (TPSA) is 48.1 Å². The Hall–Kier alpha value is -1.87. The Morgan fingerprint density at radius 1 is 1.10 bits per heavy atom. The molecular weight excluding hydrogens is 260 g/mol. The third kappa shape index (κ3) is 3.82. The van der Waals surface area contributed by atoms with E-state index in [2.05, 4.69) is 50.0 Å². The predicted octanol–water partition coefficient (Wildman–Crippen LogP) is 3.83. The molecule has 0 saturated heterocycles. The molecule has 0 aliphatic heterocycles. The SMILES string of the molecule is CCOc1cncc(C(N)c2ccc(C(C)(C)C)cc2)c1. The zero-order valence-corrected chi connectivity index (χ0v) is 13.3. The molecule has 1 unspecified atom stereocenters. The van der Waals surface area contributed by atoms with Gasteiger partial charge in [-0.25, -0.2) is 0 Å². The van der Waals surface area contributed by atoms with E-state index in [9.17, 15) is 0 Å². The Bertz CT molecular complexity index is 585. The highest BCUT2D eigenvalue weighted by molar-refractivity contribution is 5.36. The van der Waals surface area contributed by atoms with Crippen LogP contribution in [0.5, 0.6) is 5.75 Å². The average molecular weight is 284 g/mol. The van der Waals surface area contributed by atoms with Gasteiger partial charge in [0.2, 0.25) is 0 Å². The van der Waals surface area contributed by atoms with Crippen LogP contribution in [-0.4, -0.2) is 11.6 Å². The number of pyridine rings is 1. The summed E-state index contributed by atoms with van der Waals surface area (Å²) in [6.45, 7) is 9.20. The van der Waals surface area contributed by atoms with E-state index in [1.807, 2.05) is 13.0 Å². The van der Waals surface area contributed by atoms with Gasteiger partial charge < -0.3 is 10.5 Å². The number of nitrogens with two attached hydrogens (primary N) is 1. The van der Waals surface area contributed by atoms with Gasteiger partial charge in [0.25, 0.3) is 0 Å². The van der Waals surface area contributed by atoms with E-state index in [0.29, 0.717) is 6.61 Å². The fourth-order valence-corrected chi connectivity index (χ4v) is 2.23. The first-order chi connectivity index (χ1) is 9.91. The second kappa shape index (κ2) is 6.27. The fourth-order valence-electron chi connectivity index (χ4n) is 2.23. The number of aromatic nitrogens is 1. The van der Waals surface area contributed by atoms with Crippen molar-refractivity contribution < 1.29 is 4.74 Å². The molecule has 0 aliphatic carbocycles. The molecule has 0 aliphatic rings. The van der Waals surface area contributed by atoms with Gasteiger partial charge in [0, 0.05) is 6.20 Å². The highest BCUT2D eigenvalue weighted by Crippen LogP contribution is 2.26. The minimum Gasteiger partial charge on any atom is -0.492 e. The Labute approximate surface area is 127 Å². The van der Waals surface area contributed by atoms with Crippen molar-refractivity contribution in [2.24, 2.45) is 5.73 Å². The minimum absolute atomic E-state index is 0.152. The fraction of sp³-hybridized carbons (Fsp3) is 0.389. The van der Waals surface area contributed by atoms with Crippen molar-refractivity contribution in [2.45, 2.75) is 39.2 Å². The first-order valence-electron chi connectivity index (χ1n) is 7.35. The number of benzene rings is 1. The summed E-state index contributed by atoms with van der Waals surface area (Å²) < 4.78 is 5.48. The Balaban J connectivity index is 2.23. The van der Waals surface area contributed by atoms with Crippen LogP contribution in [-0.2, 0) is 5.41 Å². The molecule has 0 amide bonds. The van der Waals surface area contributed by atoms with E-state index >= 15 is 0 Å². The summed E-state index contributed by atoms with van der Waals surface area (Å²) in [7, 11) is 0. The predicted molar refractivity (Wildman–Crippen MR) is 86.6 cm³/mol. The molecule has 0 bridgehead atoms. The molecule has 1 heterocycles. The van der Waals surface area contributed by atoms with Crippen molar-refractivity contribution in [3.8, 4) is 5.75 Å². The van der Waals surface area contributed by atoms with Gasteiger partial charge in [0.05, 0.1) is 18.8 Å². The second-order valence-electron chi connectivity index (χ2n) is 6.24. The van der Waals surface area contributed by atoms with Crippen molar-refractivity contribution in [3.05, 3.63) is 59.4 Å². The maximum Gasteiger partial charge on any atom is 0.137 e. The summed E-state index contributed by atoms with van der Waals surface area (Å²) >= 11 is 0. The quantitative estimate of drug-likeness (QED) is 0.928. The maximum atomic E-state index is 6.34. The monoisotopic (exact) mass is 284 g/mol. The summed E-state index contributed by atoms with van der Waals surface area (Å²) in [6, 6.07) is 10.3. The molecule has 1 aromatic heterocycles. The number of rotatable bonds is 4. The van der Waals surface area contributed by atoms with E-state index in [-0.39, 0.29) is 11.5 Å². The lowest BCUT2D eigenvalue weighted by molar-refractivity contribution is 0.338. The zero-order valence-electron chi connectivity index (χ0n) is 13.3. The Kier molecular flexibility index (Phi) is 4.63. The van der Waals surface area contributed by atoms with E-state index in [1.54, 1.807) is 12.4 Å². The van der Waals surface area contributed by atoms with Gasteiger partial charge in [-0.15, -0.1) is 0 Å². The summed E-state index contributed by atoms with van der Waals surface area (Å²) in [5.41, 5.74) is 9.85. The average Bonchev–Trinajstić information content (AvgIpc) is 2.46. The molecule has 3 heteroatoms. The van der Waals surface area contributed by atoms with Crippen LogP contribution in [0.15, 0.2) is 42.7 Å². The highest BCUT2D eigenvalue weighted by Gasteiger charge is 2.15. The van der Waals surface area contributed by atoms with E-state index in [1.165, 1.54) is 5.56 Å². The standard InChI is InChI=1S/C18H24N2O/c1-5-21-16-10-14(11-20-12-16)17(19)13-6-8-15(9-7-13)18(2,3)4/h6-12,17H,5,19H2,1-4H3. The number of nitrogens with zero attached hydrogens (tertiary/aromatic N) is 1. The Morgan fingerprint density at radius 3 is 2.33 bits per heavy atom. The first kappa shape index (κ1) is 15.5. The molecule has 0 fully saturated rings. The number of hydrogen-bond acceptors (Lipinski definition) is 3. The van der Waals surface area contributed by atoms with E-state index in [4.69, 9.17) is 10.5 Å². The minimum atomic E-state index is -0.188. The van der Waals surface area contributed by atoms with Gasteiger partial charge >= 0.3 is 0 Å². The number of ether oxygens (including phenoxy) is 1. The van der Waals surface area contributed by atoms with E-state index < -0.39 is 0 Å². The molecule has 1 atom stereocenters. The molecule has 3 nitrogen and oxygen atoms in total. The van der Waals surface area contributed by atoms with Gasteiger partial charge in [-0.1, -0.05) is 45.0 Å². The molecule has 0 saturated carbocycles. The van der Waals surface area contributed by atoms with Crippen LogP contribution < -0.4 is 10.5 Å². The Morgan fingerprint density at radius 2 is 1.76 bits per heavy atom. The molecule has 2 rings (SSSR count). The van der Waals surface area contributed by atoms with Gasteiger partial charge in [0.15, 0.2) is 0 Å². The molecule has 2 aromatic rings. The lowest BCUT2D eigenvalue weighted by Gasteiger charge is -2.20. The molecular formula is C18H24N2O. The van der Waals surface area contributed by atoms with Gasteiger partial charge in [0.1, 0.15) is 5.75 Å². The molecule has 112 valence electrons. The van der Waals surface area contributed by atoms with Gasteiger partial charge in [-0.2, -0.15) is 0 Å². The number of hydrogen-bond donors (Lipinski definition) is 1. The van der Waals surface area contributed by atoms with Crippen molar-refractivity contribution >= 4 is 0 Å². The molecule has 21 heavy (non-hydrogen) atoms.